The normalized spacial score (nSPS) is 11.4. The Labute approximate surface area is 460 Å². The highest BCUT2D eigenvalue weighted by molar-refractivity contribution is 6.34. The molecular formula is C50H29ClF12N18O2. The van der Waals surface area contributed by atoms with E-state index >= 15 is 0 Å². The molecule has 0 saturated carbocycles. The first-order valence-electron chi connectivity index (χ1n) is 22.8. The van der Waals surface area contributed by atoms with E-state index in [-0.39, 0.29) is 45.8 Å². The van der Waals surface area contributed by atoms with Crippen LogP contribution in [-0.4, -0.2) is 71.5 Å². The van der Waals surface area contributed by atoms with Gasteiger partial charge in [-0.25, -0.2) is 19.3 Å². The Morgan fingerprint density at radius 1 is 0.566 bits per heavy atom. The summed E-state index contributed by atoms with van der Waals surface area (Å²) >= 11 is 6.07. The Hall–Kier alpha value is -10.5. The van der Waals surface area contributed by atoms with Crippen LogP contribution in [0.2, 0.25) is 5.15 Å². The van der Waals surface area contributed by atoms with Gasteiger partial charge in [0.25, 0.3) is 0 Å². The Kier molecular flexibility index (Phi) is 18.4. The zero-order valence-corrected chi connectivity index (χ0v) is 42.1. The van der Waals surface area contributed by atoms with E-state index in [1.807, 2.05) is 19.1 Å². The summed E-state index contributed by atoms with van der Waals surface area (Å²) in [5, 5.41) is 14.5. The van der Waals surface area contributed by atoms with Crippen LogP contribution in [0.5, 0.6) is 0 Å². The van der Waals surface area contributed by atoms with Crippen molar-refractivity contribution >= 4 is 57.1 Å². The summed E-state index contributed by atoms with van der Waals surface area (Å²) in [6.45, 7) is 1.85. The number of azide groups is 2. The number of hydrogen-bond acceptors (Lipinski definition) is 14. The number of Topliss-reactive ketones (excluding diaryl/α,β-unsaturated/α-hetero) is 1. The van der Waals surface area contributed by atoms with E-state index in [1.54, 1.807) is 67.0 Å². The number of nitrogens with zero attached hydrogens (tertiary/aromatic N) is 18. The number of rotatable bonds is 9. The number of aldehydes is 1. The molecular weight excluding hydrogens is 1150 g/mol. The van der Waals surface area contributed by atoms with Crippen LogP contribution in [0.4, 0.5) is 64.1 Å². The molecule has 0 saturated heterocycles. The average molecular weight is 1180 g/mol. The number of alkyl halides is 12. The minimum atomic E-state index is -4.64. The highest BCUT2D eigenvalue weighted by Crippen LogP contribution is 2.37. The highest BCUT2D eigenvalue weighted by Gasteiger charge is 2.35. The number of ketones is 1. The van der Waals surface area contributed by atoms with Gasteiger partial charge in [-0.1, -0.05) is 40.0 Å². The van der Waals surface area contributed by atoms with Crippen molar-refractivity contribution in [3.63, 3.8) is 0 Å². The van der Waals surface area contributed by atoms with Crippen molar-refractivity contribution in [2.75, 3.05) is 0 Å². The van der Waals surface area contributed by atoms with Gasteiger partial charge < -0.3 is 0 Å². The van der Waals surface area contributed by atoms with Crippen LogP contribution >= 0.6 is 11.6 Å². The Balaban J connectivity index is 0.000000162. The predicted molar refractivity (Wildman–Crippen MR) is 270 cm³/mol. The maximum atomic E-state index is 13.0. The molecule has 10 aromatic heterocycles. The summed E-state index contributed by atoms with van der Waals surface area (Å²) in [5.74, 6) is 0.300. The maximum Gasteiger partial charge on any atom is 0.417 e. The minimum absolute atomic E-state index is 0.0653. The molecule has 0 aliphatic rings. The van der Waals surface area contributed by atoms with Gasteiger partial charge in [0.05, 0.1) is 40.0 Å². The third-order valence-corrected chi connectivity index (χ3v) is 11.0. The maximum absolute atomic E-state index is 13.0. The topological polar surface area (TPSA) is 270 Å². The summed E-state index contributed by atoms with van der Waals surface area (Å²) in [6.07, 6.45) is -9.30. The molecule has 0 amide bonds. The fraction of sp³-hybridized carbons (Fsp3) is 0.120. The Morgan fingerprint density at radius 2 is 1.05 bits per heavy atom. The summed E-state index contributed by atoms with van der Waals surface area (Å²) in [6, 6.07) is 22.0. The van der Waals surface area contributed by atoms with Gasteiger partial charge in [0.15, 0.2) is 28.9 Å². The van der Waals surface area contributed by atoms with Crippen molar-refractivity contribution in [1.82, 2.24) is 59.4 Å². The molecule has 0 N–H and O–H groups in total. The molecule has 33 heteroatoms. The van der Waals surface area contributed by atoms with Gasteiger partial charge in [0.1, 0.15) is 39.1 Å². The first-order chi connectivity index (χ1) is 39.3. The van der Waals surface area contributed by atoms with Crippen LogP contribution in [0.3, 0.4) is 0 Å². The molecule has 0 bridgehead atoms. The third-order valence-electron chi connectivity index (χ3n) is 10.7. The van der Waals surface area contributed by atoms with Crippen LogP contribution in [0, 0.1) is 6.92 Å². The number of aryl methyl sites for hydroxylation is 1. The van der Waals surface area contributed by atoms with Crippen LogP contribution in [0.15, 0.2) is 151 Å². The van der Waals surface area contributed by atoms with E-state index in [0.717, 1.165) is 30.2 Å². The molecule has 0 radical (unpaired) electrons. The van der Waals surface area contributed by atoms with Crippen LogP contribution in [-0.2, 0) is 31.1 Å². The largest absolute Gasteiger partial charge is 0.417 e. The standard InChI is InChI=1S/C18H12F3N5.C13H8F3N5O.C12H6ClF3N4.C7H3F3N4O/c1-11-5-6-12(9-23-11)17-16-14(8-13(10-24-16)18(19,20)21)25-26(17)15-4-2-3-7-22-15;14-13(15,16)8-5-10(20-21-17)12(19-7-8)11(22)6-9-3-1-2-4-18-9;13-11-10-8(5-7(6-18-10)12(14,15)16)19-20(11)9-3-1-2-4-17-9;8-7(9,10)4-1-5(13-14-11)6(3-15)12-2-4/h2-10H,1H3;1-5,7H,6H2;1-6H;1-3H. The molecule has 0 aromatic carbocycles. The van der Waals surface area contributed by atoms with Crippen molar-refractivity contribution in [1.29, 1.82) is 0 Å². The highest BCUT2D eigenvalue weighted by atomic mass is 35.5. The molecule has 0 atom stereocenters. The van der Waals surface area contributed by atoms with E-state index in [4.69, 9.17) is 22.7 Å². The van der Waals surface area contributed by atoms with Crippen LogP contribution in [0.25, 0.3) is 65.8 Å². The van der Waals surface area contributed by atoms with Gasteiger partial charge in [-0.05, 0) is 90.8 Å². The lowest BCUT2D eigenvalue weighted by Gasteiger charge is -2.09. The summed E-state index contributed by atoms with van der Waals surface area (Å²) < 4.78 is 154. The van der Waals surface area contributed by atoms with Gasteiger partial charge >= 0.3 is 24.7 Å². The van der Waals surface area contributed by atoms with E-state index in [1.165, 1.54) is 21.8 Å². The molecule has 0 unspecified atom stereocenters. The number of pyridine rings is 8. The Morgan fingerprint density at radius 3 is 1.55 bits per heavy atom. The predicted octanol–water partition coefficient (Wildman–Crippen LogP) is 14.4. The molecule has 83 heavy (non-hydrogen) atoms. The van der Waals surface area contributed by atoms with Crippen molar-refractivity contribution < 1.29 is 62.3 Å². The van der Waals surface area contributed by atoms with Crippen LogP contribution < -0.4 is 0 Å². The van der Waals surface area contributed by atoms with E-state index in [9.17, 15) is 62.3 Å². The molecule has 10 aromatic rings. The van der Waals surface area contributed by atoms with Gasteiger partial charge in [-0.3, -0.25) is 39.5 Å². The molecule has 0 spiro atoms. The lowest BCUT2D eigenvalue weighted by atomic mass is 10.1. The smallest absolute Gasteiger partial charge is 0.296 e. The number of fused-ring (bicyclic) bond motifs is 2. The van der Waals surface area contributed by atoms with Crippen molar-refractivity contribution in [2.45, 2.75) is 38.0 Å². The Bertz CT molecular complexity index is 4040. The average Bonchev–Trinajstić information content (AvgIpc) is 2.76. The van der Waals surface area contributed by atoms with Gasteiger partial charge in [-0.2, -0.15) is 62.9 Å². The number of carbonyl (C=O) groups excluding carboxylic acids is 2. The van der Waals surface area contributed by atoms with E-state index in [0.29, 0.717) is 58.6 Å². The molecule has 0 aliphatic heterocycles. The van der Waals surface area contributed by atoms with Crippen molar-refractivity contribution in [3.8, 4) is 22.9 Å². The fourth-order valence-corrected chi connectivity index (χ4v) is 7.17. The van der Waals surface area contributed by atoms with Gasteiger partial charge in [-0.15, -0.1) is 0 Å². The summed E-state index contributed by atoms with van der Waals surface area (Å²) in [7, 11) is 0. The molecule has 0 fully saturated rings. The zero-order chi connectivity index (χ0) is 60.3. The monoisotopic (exact) mass is 1180 g/mol. The van der Waals surface area contributed by atoms with Crippen molar-refractivity contribution in [2.24, 2.45) is 10.2 Å². The lowest BCUT2D eigenvalue weighted by Crippen LogP contribution is -2.11. The molecule has 0 aliphatic carbocycles. The van der Waals surface area contributed by atoms with Crippen molar-refractivity contribution in [3.05, 3.63) is 212 Å². The number of carbonyl (C=O) groups is 2. The summed E-state index contributed by atoms with van der Waals surface area (Å²) in [4.78, 5) is 58.2. The van der Waals surface area contributed by atoms with E-state index < -0.39 is 64.1 Å². The first-order valence-corrected chi connectivity index (χ1v) is 23.1. The second-order valence-corrected chi connectivity index (χ2v) is 16.7. The third kappa shape index (κ3) is 15.1. The second-order valence-electron chi connectivity index (χ2n) is 16.3. The van der Waals surface area contributed by atoms with Gasteiger partial charge in [0, 0.05) is 76.3 Å². The number of hydrogen-bond donors (Lipinski definition) is 0. The lowest BCUT2D eigenvalue weighted by molar-refractivity contribution is -0.138. The van der Waals surface area contributed by atoms with E-state index in [2.05, 4.69) is 70.1 Å². The molecule has 20 nitrogen and oxygen atoms in total. The minimum Gasteiger partial charge on any atom is -0.296 e. The van der Waals surface area contributed by atoms with Crippen LogP contribution in [0.1, 0.15) is 54.6 Å². The SMILES string of the molecule is Cc1ccc(-c2c3ncc(C(F)(F)F)cc3nn2-c2ccccn2)cn1.FC(F)(F)c1cnc2c(Cl)n(-c3ccccn3)nc2c1.[N-]=[N+]=Nc1cc(C(F)(F)F)cnc1C(=O)Cc1ccccn1.[N-]=[N+]=Nc1cc(C(F)(F)F)cnc1C=O. The second kappa shape index (κ2) is 25.3. The first kappa shape index (κ1) is 60.2. The molecule has 10 rings (SSSR count). The fourth-order valence-electron chi connectivity index (χ4n) is 6.90. The summed E-state index contributed by atoms with van der Waals surface area (Å²) in [5.41, 5.74) is 14.3. The molecule has 422 valence electrons. The zero-order valence-electron chi connectivity index (χ0n) is 41.3. The number of halogens is 13. The quantitative estimate of drug-likeness (QED) is 0.0326. The van der Waals surface area contributed by atoms with Gasteiger partial charge in [0.2, 0.25) is 0 Å². The number of aromatic nitrogens is 12. The molecule has 10 heterocycles.